The first-order chi connectivity index (χ1) is 10.0. The van der Waals surface area contributed by atoms with Crippen molar-refractivity contribution in [2.75, 3.05) is 11.9 Å². The summed E-state index contributed by atoms with van der Waals surface area (Å²) in [5.41, 5.74) is 8.32. The Morgan fingerprint density at radius 3 is 2.62 bits per heavy atom. The molecule has 0 saturated heterocycles. The number of nitrogens with two attached hydrogens (primary N) is 1. The third-order valence-electron chi connectivity index (χ3n) is 4.02. The van der Waals surface area contributed by atoms with Crippen molar-refractivity contribution in [2.45, 2.75) is 52.1 Å². The largest absolute Gasteiger partial charge is 0.357 e. The molecule has 1 heterocycles. The van der Waals surface area contributed by atoms with Gasteiger partial charge in [0, 0.05) is 24.5 Å². The fourth-order valence-corrected chi connectivity index (χ4v) is 2.77. The Bertz CT molecular complexity index is 592. The van der Waals surface area contributed by atoms with E-state index in [2.05, 4.69) is 57.0 Å². The van der Waals surface area contributed by atoms with Crippen molar-refractivity contribution in [3.8, 4) is 0 Å². The minimum atomic E-state index is 0.140. The molecule has 2 atom stereocenters. The average Bonchev–Trinajstić information content (AvgIpc) is 2.45. The van der Waals surface area contributed by atoms with Crippen LogP contribution in [0.4, 0.5) is 5.82 Å². The van der Waals surface area contributed by atoms with E-state index < -0.39 is 0 Å². The molecule has 1 aromatic heterocycles. The molecule has 2 aromatic rings. The predicted octanol–water partition coefficient (Wildman–Crippen LogP) is 3.75. The van der Waals surface area contributed by atoms with E-state index in [1.54, 1.807) is 0 Å². The second-order valence-electron chi connectivity index (χ2n) is 6.09. The summed E-state index contributed by atoms with van der Waals surface area (Å²) in [5.74, 6) is 1.08. The van der Waals surface area contributed by atoms with Crippen LogP contribution in [0.1, 0.15) is 39.2 Å². The Morgan fingerprint density at radius 1 is 1.24 bits per heavy atom. The monoisotopic (exact) mass is 285 g/mol. The molecule has 2 N–H and O–H groups in total. The van der Waals surface area contributed by atoms with Crippen LogP contribution in [0.25, 0.3) is 10.9 Å². The maximum absolute atomic E-state index is 6.03. The van der Waals surface area contributed by atoms with Crippen LogP contribution in [0, 0.1) is 0 Å². The molecule has 2 rings (SSSR count). The standard InChI is InChI=1S/C18H27N3/c1-5-8-14(3)21(4)18-16(11-13(2)19)12-15-9-6-7-10-17(15)20-18/h6-7,9-10,12-14H,5,8,11,19H2,1-4H3. The Hall–Kier alpha value is -1.61. The van der Waals surface area contributed by atoms with Crippen LogP contribution in [0.2, 0.25) is 0 Å². The first-order valence-corrected chi connectivity index (χ1v) is 7.90. The summed E-state index contributed by atoms with van der Waals surface area (Å²) in [5, 5.41) is 1.19. The Morgan fingerprint density at radius 2 is 1.95 bits per heavy atom. The van der Waals surface area contributed by atoms with E-state index in [9.17, 15) is 0 Å². The van der Waals surface area contributed by atoms with Crippen molar-refractivity contribution in [3.05, 3.63) is 35.9 Å². The van der Waals surface area contributed by atoms with Gasteiger partial charge in [0.2, 0.25) is 0 Å². The van der Waals surface area contributed by atoms with Crippen LogP contribution in [-0.4, -0.2) is 24.1 Å². The normalized spacial score (nSPS) is 14.1. The molecule has 3 nitrogen and oxygen atoms in total. The summed E-state index contributed by atoms with van der Waals surface area (Å²) in [4.78, 5) is 7.20. The van der Waals surface area contributed by atoms with Gasteiger partial charge in [-0.05, 0) is 44.4 Å². The molecule has 0 bridgehead atoms. The number of hydrogen-bond acceptors (Lipinski definition) is 3. The number of para-hydroxylation sites is 1. The van der Waals surface area contributed by atoms with Gasteiger partial charge in [-0.25, -0.2) is 4.98 Å². The van der Waals surface area contributed by atoms with Crippen LogP contribution in [0.3, 0.4) is 0 Å². The van der Waals surface area contributed by atoms with E-state index in [0.29, 0.717) is 6.04 Å². The zero-order valence-corrected chi connectivity index (χ0v) is 13.6. The highest BCUT2D eigenvalue weighted by atomic mass is 15.2. The fraction of sp³-hybridized carbons (Fsp3) is 0.500. The molecule has 0 aliphatic rings. The van der Waals surface area contributed by atoms with Crippen molar-refractivity contribution in [2.24, 2.45) is 5.73 Å². The number of fused-ring (bicyclic) bond motifs is 1. The van der Waals surface area contributed by atoms with Gasteiger partial charge in [-0.3, -0.25) is 0 Å². The smallest absolute Gasteiger partial charge is 0.132 e. The van der Waals surface area contributed by atoms with E-state index >= 15 is 0 Å². The maximum atomic E-state index is 6.03. The molecule has 114 valence electrons. The number of rotatable bonds is 6. The molecule has 3 heteroatoms. The summed E-state index contributed by atoms with van der Waals surface area (Å²) in [6, 6.07) is 11.2. The van der Waals surface area contributed by atoms with Gasteiger partial charge in [0.1, 0.15) is 5.82 Å². The molecule has 0 aliphatic heterocycles. The van der Waals surface area contributed by atoms with Crippen molar-refractivity contribution < 1.29 is 0 Å². The van der Waals surface area contributed by atoms with E-state index in [0.717, 1.165) is 17.8 Å². The van der Waals surface area contributed by atoms with Crippen LogP contribution in [0.15, 0.2) is 30.3 Å². The quantitative estimate of drug-likeness (QED) is 0.879. The minimum absolute atomic E-state index is 0.140. The minimum Gasteiger partial charge on any atom is -0.357 e. The van der Waals surface area contributed by atoms with Crippen molar-refractivity contribution in [1.29, 1.82) is 0 Å². The number of benzene rings is 1. The van der Waals surface area contributed by atoms with Gasteiger partial charge in [-0.15, -0.1) is 0 Å². The maximum Gasteiger partial charge on any atom is 0.132 e. The molecule has 0 radical (unpaired) electrons. The average molecular weight is 285 g/mol. The lowest BCUT2D eigenvalue weighted by Crippen LogP contribution is -2.31. The Labute approximate surface area is 128 Å². The summed E-state index contributed by atoms with van der Waals surface area (Å²) >= 11 is 0. The van der Waals surface area contributed by atoms with Crippen LogP contribution < -0.4 is 10.6 Å². The zero-order chi connectivity index (χ0) is 15.4. The van der Waals surface area contributed by atoms with Gasteiger partial charge in [-0.1, -0.05) is 31.5 Å². The number of anilines is 1. The van der Waals surface area contributed by atoms with Crippen LogP contribution >= 0.6 is 0 Å². The highest BCUT2D eigenvalue weighted by Crippen LogP contribution is 2.26. The molecule has 21 heavy (non-hydrogen) atoms. The van der Waals surface area contributed by atoms with E-state index in [1.807, 2.05) is 6.07 Å². The highest BCUT2D eigenvalue weighted by Gasteiger charge is 2.16. The van der Waals surface area contributed by atoms with Gasteiger partial charge in [0.25, 0.3) is 0 Å². The number of pyridine rings is 1. The van der Waals surface area contributed by atoms with Crippen molar-refractivity contribution >= 4 is 16.7 Å². The summed E-state index contributed by atoms with van der Waals surface area (Å²) in [6.45, 7) is 6.53. The van der Waals surface area contributed by atoms with Crippen molar-refractivity contribution in [1.82, 2.24) is 4.98 Å². The summed E-state index contributed by atoms with van der Waals surface area (Å²) in [7, 11) is 2.14. The molecule has 0 aliphatic carbocycles. The van der Waals surface area contributed by atoms with Gasteiger partial charge < -0.3 is 10.6 Å². The van der Waals surface area contributed by atoms with Crippen LogP contribution in [-0.2, 0) is 6.42 Å². The SMILES string of the molecule is CCCC(C)N(C)c1nc2ccccc2cc1CC(C)N. The Balaban J connectivity index is 2.47. The molecule has 2 unspecified atom stereocenters. The van der Waals surface area contributed by atoms with Gasteiger partial charge in [-0.2, -0.15) is 0 Å². The lowest BCUT2D eigenvalue weighted by molar-refractivity contribution is 0.607. The molecule has 0 fully saturated rings. The van der Waals surface area contributed by atoms with E-state index in [-0.39, 0.29) is 6.04 Å². The number of hydrogen-bond donors (Lipinski definition) is 1. The molecule has 0 saturated carbocycles. The summed E-state index contributed by atoms with van der Waals surface area (Å²) in [6.07, 6.45) is 3.21. The zero-order valence-electron chi connectivity index (χ0n) is 13.6. The van der Waals surface area contributed by atoms with Gasteiger partial charge in [0.15, 0.2) is 0 Å². The highest BCUT2D eigenvalue weighted by molar-refractivity contribution is 5.81. The molecular formula is C18H27N3. The molecular weight excluding hydrogens is 258 g/mol. The van der Waals surface area contributed by atoms with Gasteiger partial charge in [0.05, 0.1) is 5.52 Å². The van der Waals surface area contributed by atoms with E-state index in [4.69, 9.17) is 10.7 Å². The molecule has 0 amide bonds. The van der Waals surface area contributed by atoms with Crippen molar-refractivity contribution in [3.63, 3.8) is 0 Å². The van der Waals surface area contributed by atoms with E-state index in [1.165, 1.54) is 23.8 Å². The first kappa shape index (κ1) is 15.8. The lowest BCUT2D eigenvalue weighted by Gasteiger charge is -2.28. The van der Waals surface area contributed by atoms with Gasteiger partial charge >= 0.3 is 0 Å². The second-order valence-corrected chi connectivity index (χ2v) is 6.09. The van der Waals surface area contributed by atoms with Crippen LogP contribution in [0.5, 0.6) is 0 Å². The summed E-state index contributed by atoms with van der Waals surface area (Å²) < 4.78 is 0. The topological polar surface area (TPSA) is 42.2 Å². The Kier molecular flexibility index (Phi) is 5.18. The lowest BCUT2D eigenvalue weighted by atomic mass is 10.0. The molecule has 0 spiro atoms. The number of nitrogens with zero attached hydrogens (tertiary/aromatic N) is 2. The third kappa shape index (κ3) is 3.73. The first-order valence-electron chi connectivity index (χ1n) is 7.90. The molecule has 1 aromatic carbocycles. The third-order valence-corrected chi connectivity index (χ3v) is 4.02. The second kappa shape index (κ2) is 6.90. The number of aromatic nitrogens is 1. The predicted molar refractivity (Wildman–Crippen MR) is 91.9 cm³/mol. The fourth-order valence-electron chi connectivity index (χ4n) is 2.77.